The Morgan fingerprint density at radius 2 is 2.11 bits per heavy atom. The van der Waals surface area contributed by atoms with Gasteiger partial charge in [0.2, 0.25) is 0 Å². The monoisotopic (exact) mass is 244 g/mol. The number of hydrogen-bond donors (Lipinski definition) is 0. The first kappa shape index (κ1) is 12.9. The summed E-state index contributed by atoms with van der Waals surface area (Å²) in [6, 6.07) is 7.38. The fourth-order valence-corrected chi connectivity index (χ4v) is 2.42. The molecule has 2 rings (SSSR count). The van der Waals surface area contributed by atoms with Crippen LogP contribution in [0.25, 0.3) is 6.08 Å². The lowest BCUT2D eigenvalue weighted by Gasteiger charge is -2.21. The normalized spacial score (nSPS) is 16.2. The molecule has 1 aliphatic rings. The van der Waals surface area contributed by atoms with Crippen molar-refractivity contribution >= 4 is 12.0 Å². The Labute approximate surface area is 109 Å². The summed E-state index contributed by atoms with van der Waals surface area (Å²) >= 11 is 0. The third kappa shape index (κ3) is 3.46. The van der Waals surface area contributed by atoms with E-state index in [0.29, 0.717) is 18.1 Å². The van der Waals surface area contributed by atoms with Gasteiger partial charge in [-0.2, -0.15) is 0 Å². The predicted molar refractivity (Wildman–Crippen MR) is 73.4 cm³/mol. The molecule has 0 saturated heterocycles. The smallest absolute Gasteiger partial charge is 0.338 e. The molecule has 1 fully saturated rings. The zero-order valence-corrected chi connectivity index (χ0v) is 10.7. The van der Waals surface area contributed by atoms with E-state index in [1.54, 1.807) is 12.1 Å². The quantitative estimate of drug-likeness (QED) is 0.746. The lowest BCUT2D eigenvalue weighted by Crippen LogP contribution is -2.16. The number of ether oxygens (including phenoxy) is 1. The minimum absolute atomic E-state index is 0.218. The summed E-state index contributed by atoms with van der Waals surface area (Å²) in [6.07, 6.45) is 7.99. The Bertz CT molecular complexity index is 417. The van der Waals surface area contributed by atoms with E-state index in [4.69, 9.17) is 4.74 Å². The fourth-order valence-electron chi connectivity index (χ4n) is 2.42. The molecule has 1 saturated carbocycles. The summed E-state index contributed by atoms with van der Waals surface area (Å²) in [4.78, 5) is 11.9. The maximum atomic E-state index is 11.9. The molecule has 1 aromatic carbocycles. The Balaban J connectivity index is 1.88. The molecule has 1 aromatic rings. The minimum atomic E-state index is -0.218. The third-order valence-corrected chi connectivity index (χ3v) is 3.53. The van der Waals surface area contributed by atoms with E-state index in [1.165, 1.54) is 32.1 Å². The van der Waals surface area contributed by atoms with Crippen molar-refractivity contribution in [3.05, 3.63) is 42.0 Å². The lowest BCUT2D eigenvalue weighted by atomic mass is 9.90. The van der Waals surface area contributed by atoms with Gasteiger partial charge in [-0.1, -0.05) is 44.1 Å². The first-order chi connectivity index (χ1) is 8.79. The van der Waals surface area contributed by atoms with Crippen molar-refractivity contribution < 1.29 is 9.53 Å². The second kappa shape index (κ2) is 6.39. The van der Waals surface area contributed by atoms with Gasteiger partial charge in [0.1, 0.15) is 0 Å². The standard InChI is InChI=1S/C16H20O2/c1-2-13-9-6-10-15(11-13)16(17)18-12-14-7-4-3-5-8-14/h2,6,9-11,14H,1,3-5,7-8,12H2. The highest BCUT2D eigenvalue weighted by molar-refractivity contribution is 5.90. The number of benzene rings is 1. The van der Waals surface area contributed by atoms with Crippen molar-refractivity contribution in [2.24, 2.45) is 5.92 Å². The number of carbonyl (C=O) groups is 1. The van der Waals surface area contributed by atoms with Gasteiger partial charge in [0.15, 0.2) is 0 Å². The Kier molecular flexibility index (Phi) is 4.57. The van der Waals surface area contributed by atoms with Crippen molar-refractivity contribution in [2.75, 3.05) is 6.61 Å². The van der Waals surface area contributed by atoms with Gasteiger partial charge < -0.3 is 4.74 Å². The fraction of sp³-hybridized carbons (Fsp3) is 0.438. The van der Waals surface area contributed by atoms with Crippen LogP contribution in [-0.4, -0.2) is 12.6 Å². The summed E-state index contributed by atoms with van der Waals surface area (Å²) in [7, 11) is 0. The van der Waals surface area contributed by atoms with E-state index in [2.05, 4.69) is 6.58 Å². The topological polar surface area (TPSA) is 26.3 Å². The van der Waals surface area contributed by atoms with Crippen LogP contribution in [0.5, 0.6) is 0 Å². The maximum Gasteiger partial charge on any atom is 0.338 e. The van der Waals surface area contributed by atoms with Gasteiger partial charge in [0.25, 0.3) is 0 Å². The van der Waals surface area contributed by atoms with Gasteiger partial charge in [-0.25, -0.2) is 4.79 Å². The van der Waals surface area contributed by atoms with Crippen molar-refractivity contribution in [2.45, 2.75) is 32.1 Å². The molecule has 0 radical (unpaired) electrons. The van der Waals surface area contributed by atoms with Crippen LogP contribution < -0.4 is 0 Å². The predicted octanol–water partition coefficient (Wildman–Crippen LogP) is 4.07. The summed E-state index contributed by atoms with van der Waals surface area (Å²) < 4.78 is 5.39. The van der Waals surface area contributed by atoms with Gasteiger partial charge in [0.05, 0.1) is 12.2 Å². The van der Waals surface area contributed by atoms with E-state index in [1.807, 2.05) is 18.2 Å². The molecule has 1 aliphatic carbocycles. The second-order valence-electron chi connectivity index (χ2n) is 4.93. The average Bonchev–Trinajstić information content (AvgIpc) is 2.46. The molecule has 2 nitrogen and oxygen atoms in total. The van der Waals surface area contributed by atoms with Crippen LogP contribution in [0.3, 0.4) is 0 Å². The van der Waals surface area contributed by atoms with E-state index in [0.717, 1.165) is 5.56 Å². The molecule has 0 atom stereocenters. The van der Waals surface area contributed by atoms with Gasteiger partial charge in [-0.15, -0.1) is 0 Å². The van der Waals surface area contributed by atoms with Crippen molar-refractivity contribution in [1.82, 2.24) is 0 Å². The molecule has 0 N–H and O–H groups in total. The molecule has 96 valence electrons. The van der Waals surface area contributed by atoms with Crippen molar-refractivity contribution in [1.29, 1.82) is 0 Å². The third-order valence-electron chi connectivity index (χ3n) is 3.53. The maximum absolute atomic E-state index is 11.9. The summed E-state index contributed by atoms with van der Waals surface area (Å²) in [5.74, 6) is 0.342. The van der Waals surface area contributed by atoms with E-state index < -0.39 is 0 Å². The molecule has 0 amide bonds. The van der Waals surface area contributed by atoms with Gasteiger partial charge >= 0.3 is 5.97 Å². The van der Waals surface area contributed by atoms with Crippen LogP contribution in [0.1, 0.15) is 48.0 Å². The number of carbonyl (C=O) groups excluding carboxylic acids is 1. The molecule has 0 unspecified atom stereocenters. The van der Waals surface area contributed by atoms with Crippen LogP contribution >= 0.6 is 0 Å². The summed E-state index contributed by atoms with van der Waals surface area (Å²) in [5.41, 5.74) is 1.56. The van der Waals surface area contributed by atoms with Gasteiger partial charge in [0, 0.05) is 0 Å². The van der Waals surface area contributed by atoms with E-state index in [-0.39, 0.29) is 5.97 Å². The summed E-state index contributed by atoms with van der Waals surface area (Å²) in [6.45, 7) is 4.27. The van der Waals surface area contributed by atoms with Gasteiger partial charge in [-0.3, -0.25) is 0 Å². The Morgan fingerprint density at radius 1 is 1.33 bits per heavy atom. The molecule has 2 heteroatoms. The number of rotatable bonds is 4. The molecule has 0 heterocycles. The highest BCUT2D eigenvalue weighted by atomic mass is 16.5. The lowest BCUT2D eigenvalue weighted by molar-refractivity contribution is 0.0410. The van der Waals surface area contributed by atoms with Crippen LogP contribution in [0.15, 0.2) is 30.8 Å². The molecule has 18 heavy (non-hydrogen) atoms. The van der Waals surface area contributed by atoms with E-state index in [9.17, 15) is 4.79 Å². The average molecular weight is 244 g/mol. The molecular weight excluding hydrogens is 224 g/mol. The minimum Gasteiger partial charge on any atom is -0.462 e. The van der Waals surface area contributed by atoms with Crippen LogP contribution in [0.4, 0.5) is 0 Å². The Morgan fingerprint density at radius 3 is 2.83 bits per heavy atom. The second-order valence-corrected chi connectivity index (χ2v) is 4.93. The van der Waals surface area contributed by atoms with Crippen molar-refractivity contribution in [3.63, 3.8) is 0 Å². The summed E-state index contributed by atoms with van der Waals surface area (Å²) in [5, 5.41) is 0. The molecule has 0 aromatic heterocycles. The largest absolute Gasteiger partial charge is 0.462 e. The van der Waals surface area contributed by atoms with Crippen LogP contribution in [0, 0.1) is 5.92 Å². The highest BCUT2D eigenvalue weighted by Gasteiger charge is 2.16. The first-order valence-electron chi connectivity index (χ1n) is 6.69. The van der Waals surface area contributed by atoms with Crippen LogP contribution in [0.2, 0.25) is 0 Å². The molecule has 0 spiro atoms. The first-order valence-corrected chi connectivity index (χ1v) is 6.69. The van der Waals surface area contributed by atoms with Crippen LogP contribution in [-0.2, 0) is 4.74 Å². The molecular formula is C16H20O2. The SMILES string of the molecule is C=Cc1cccc(C(=O)OCC2CCCCC2)c1. The zero-order valence-electron chi connectivity index (χ0n) is 10.7. The van der Waals surface area contributed by atoms with Crippen molar-refractivity contribution in [3.8, 4) is 0 Å². The number of hydrogen-bond acceptors (Lipinski definition) is 2. The number of esters is 1. The van der Waals surface area contributed by atoms with Gasteiger partial charge in [-0.05, 0) is 36.5 Å². The van der Waals surface area contributed by atoms with E-state index >= 15 is 0 Å². The highest BCUT2D eigenvalue weighted by Crippen LogP contribution is 2.24. The molecule has 0 bridgehead atoms. The molecule has 0 aliphatic heterocycles. The zero-order chi connectivity index (χ0) is 12.8. The Hall–Kier alpha value is -1.57.